The molecule has 19 heavy (non-hydrogen) atoms. The first kappa shape index (κ1) is 14.0. The first-order valence-corrected chi connectivity index (χ1v) is 6.85. The van der Waals surface area contributed by atoms with Gasteiger partial charge in [-0.3, -0.25) is 0 Å². The van der Waals surface area contributed by atoms with Gasteiger partial charge in [-0.1, -0.05) is 37.6 Å². The van der Waals surface area contributed by atoms with Crippen molar-refractivity contribution in [3.63, 3.8) is 0 Å². The van der Waals surface area contributed by atoms with Crippen LogP contribution in [0.15, 0.2) is 30.6 Å². The van der Waals surface area contributed by atoms with E-state index >= 15 is 0 Å². The summed E-state index contributed by atoms with van der Waals surface area (Å²) in [6.07, 6.45) is 1.61. The fraction of sp³-hybridized carbons (Fsp3) is 0.429. The van der Waals surface area contributed by atoms with Crippen molar-refractivity contribution in [2.24, 2.45) is 5.92 Å². The monoisotopic (exact) mass is 278 g/mol. The van der Waals surface area contributed by atoms with Crippen molar-refractivity contribution in [3.05, 3.63) is 47.0 Å². The highest BCUT2D eigenvalue weighted by atomic mass is 35.5. The smallest absolute Gasteiger partial charge is 0.140 e. The molecule has 0 aliphatic carbocycles. The Hall–Kier alpha value is -1.39. The molecule has 2 aromatic rings. The number of hydrogen-bond donors (Lipinski definition) is 1. The van der Waals surface area contributed by atoms with Crippen molar-refractivity contribution in [2.75, 3.05) is 0 Å². The Morgan fingerprint density at radius 2 is 2.16 bits per heavy atom. The van der Waals surface area contributed by atoms with Gasteiger partial charge in [-0.15, -0.1) is 0 Å². The van der Waals surface area contributed by atoms with Crippen LogP contribution >= 0.6 is 11.6 Å². The summed E-state index contributed by atoms with van der Waals surface area (Å²) in [7, 11) is 0. The summed E-state index contributed by atoms with van der Waals surface area (Å²) in [5.41, 5.74) is 1.17. The van der Waals surface area contributed by atoms with Gasteiger partial charge in [0.2, 0.25) is 0 Å². The van der Waals surface area contributed by atoms with Gasteiger partial charge in [-0.05, 0) is 23.6 Å². The average Bonchev–Trinajstić information content (AvgIpc) is 2.76. The van der Waals surface area contributed by atoms with Gasteiger partial charge in [0.15, 0.2) is 0 Å². The molecule has 0 atom stereocenters. The lowest BCUT2D eigenvalue weighted by Gasteiger charge is -2.09. The van der Waals surface area contributed by atoms with E-state index in [-0.39, 0.29) is 0 Å². The molecule has 1 aromatic carbocycles. The van der Waals surface area contributed by atoms with Crippen molar-refractivity contribution in [3.8, 4) is 0 Å². The minimum atomic E-state index is 0.563. The Labute approximate surface area is 118 Å². The summed E-state index contributed by atoms with van der Waals surface area (Å²) < 4.78 is 1.95. The van der Waals surface area contributed by atoms with E-state index in [2.05, 4.69) is 35.3 Å². The van der Waals surface area contributed by atoms with Crippen molar-refractivity contribution in [1.82, 2.24) is 20.1 Å². The Kier molecular flexibility index (Phi) is 4.93. The van der Waals surface area contributed by atoms with E-state index in [1.807, 2.05) is 22.9 Å². The molecule has 1 aromatic heterocycles. The second-order valence-corrected chi connectivity index (χ2v) is 5.42. The summed E-state index contributed by atoms with van der Waals surface area (Å²) in [5, 5.41) is 8.37. The van der Waals surface area contributed by atoms with Crippen molar-refractivity contribution >= 4 is 11.6 Å². The lowest BCUT2D eigenvalue weighted by Crippen LogP contribution is -2.18. The third-order valence-corrected chi connectivity index (χ3v) is 2.97. The number of benzene rings is 1. The molecule has 5 heteroatoms. The highest BCUT2D eigenvalue weighted by Crippen LogP contribution is 2.10. The van der Waals surface area contributed by atoms with E-state index in [1.54, 1.807) is 6.33 Å². The average molecular weight is 279 g/mol. The highest BCUT2D eigenvalue weighted by molar-refractivity contribution is 6.30. The Morgan fingerprint density at radius 1 is 1.32 bits per heavy atom. The molecule has 0 radical (unpaired) electrons. The molecule has 0 saturated heterocycles. The van der Waals surface area contributed by atoms with E-state index < -0.39 is 0 Å². The molecule has 0 spiro atoms. The van der Waals surface area contributed by atoms with Gasteiger partial charge < -0.3 is 5.32 Å². The number of rotatable bonds is 6. The lowest BCUT2D eigenvalue weighted by atomic mass is 10.2. The Bertz CT molecular complexity index is 522. The fourth-order valence-electron chi connectivity index (χ4n) is 1.89. The van der Waals surface area contributed by atoms with E-state index in [4.69, 9.17) is 11.6 Å². The van der Waals surface area contributed by atoms with Gasteiger partial charge >= 0.3 is 0 Å². The number of halogens is 1. The van der Waals surface area contributed by atoms with Crippen LogP contribution in [-0.4, -0.2) is 14.8 Å². The van der Waals surface area contributed by atoms with Crippen LogP contribution < -0.4 is 5.32 Å². The zero-order valence-electron chi connectivity index (χ0n) is 11.3. The van der Waals surface area contributed by atoms with E-state index in [0.29, 0.717) is 12.5 Å². The van der Waals surface area contributed by atoms with E-state index in [0.717, 1.165) is 23.9 Å². The second kappa shape index (κ2) is 6.68. The molecule has 1 heterocycles. The van der Waals surface area contributed by atoms with Gasteiger partial charge in [-0.25, -0.2) is 9.67 Å². The maximum Gasteiger partial charge on any atom is 0.140 e. The molecule has 0 aliphatic rings. The topological polar surface area (TPSA) is 42.7 Å². The number of nitrogens with one attached hydrogen (secondary N) is 1. The van der Waals surface area contributed by atoms with Crippen molar-refractivity contribution in [1.29, 1.82) is 0 Å². The van der Waals surface area contributed by atoms with Crippen molar-refractivity contribution < 1.29 is 0 Å². The van der Waals surface area contributed by atoms with Crippen LogP contribution in [0.3, 0.4) is 0 Å². The predicted octanol–water partition coefficient (Wildman–Crippen LogP) is 2.88. The zero-order valence-corrected chi connectivity index (χ0v) is 12.1. The standard InChI is InChI=1S/C14H19ClN4/c1-11(2)9-19-14(17-10-18-19)8-16-7-12-4-3-5-13(15)6-12/h3-6,10-11,16H,7-9H2,1-2H3. The zero-order chi connectivity index (χ0) is 13.7. The van der Waals surface area contributed by atoms with Crippen LogP contribution in [0.25, 0.3) is 0 Å². The normalized spacial score (nSPS) is 11.2. The second-order valence-electron chi connectivity index (χ2n) is 4.99. The molecule has 0 amide bonds. The molecule has 0 bridgehead atoms. The number of hydrogen-bond acceptors (Lipinski definition) is 3. The van der Waals surface area contributed by atoms with Crippen LogP contribution in [0.2, 0.25) is 5.02 Å². The highest BCUT2D eigenvalue weighted by Gasteiger charge is 2.05. The lowest BCUT2D eigenvalue weighted by molar-refractivity contribution is 0.457. The summed E-state index contributed by atoms with van der Waals surface area (Å²) in [6, 6.07) is 7.86. The summed E-state index contributed by atoms with van der Waals surface area (Å²) >= 11 is 5.95. The van der Waals surface area contributed by atoms with Crippen molar-refractivity contribution in [2.45, 2.75) is 33.5 Å². The van der Waals surface area contributed by atoms with E-state index in [9.17, 15) is 0 Å². The third-order valence-electron chi connectivity index (χ3n) is 2.74. The molecule has 0 fully saturated rings. The summed E-state index contributed by atoms with van der Waals surface area (Å²) in [5.74, 6) is 1.53. The van der Waals surface area contributed by atoms with Gasteiger partial charge in [0.05, 0.1) is 6.54 Å². The van der Waals surface area contributed by atoms with Gasteiger partial charge in [0, 0.05) is 18.1 Å². The van der Waals surface area contributed by atoms with Crippen LogP contribution in [-0.2, 0) is 19.6 Å². The van der Waals surface area contributed by atoms with E-state index in [1.165, 1.54) is 5.56 Å². The molecule has 1 N–H and O–H groups in total. The third kappa shape index (κ3) is 4.33. The largest absolute Gasteiger partial charge is 0.306 e. The minimum absolute atomic E-state index is 0.563. The maximum atomic E-state index is 5.95. The molecule has 0 unspecified atom stereocenters. The molecule has 2 rings (SSSR count). The minimum Gasteiger partial charge on any atom is -0.306 e. The molecule has 4 nitrogen and oxygen atoms in total. The molecular weight excluding hydrogens is 260 g/mol. The van der Waals surface area contributed by atoms with Crippen LogP contribution in [0.1, 0.15) is 25.2 Å². The van der Waals surface area contributed by atoms with Crippen LogP contribution in [0, 0.1) is 5.92 Å². The molecule has 0 saturated carbocycles. The first-order chi connectivity index (χ1) is 9.15. The Morgan fingerprint density at radius 3 is 2.89 bits per heavy atom. The Balaban J connectivity index is 1.87. The SMILES string of the molecule is CC(C)Cn1ncnc1CNCc1cccc(Cl)c1. The number of aromatic nitrogens is 3. The molecule has 0 aliphatic heterocycles. The summed E-state index contributed by atoms with van der Waals surface area (Å²) in [4.78, 5) is 4.28. The van der Waals surface area contributed by atoms with Gasteiger partial charge in [-0.2, -0.15) is 5.10 Å². The van der Waals surface area contributed by atoms with Gasteiger partial charge in [0.1, 0.15) is 12.2 Å². The maximum absolute atomic E-state index is 5.95. The first-order valence-electron chi connectivity index (χ1n) is 6.47. The molecule has 102 valence electrons. The van der Waals surface area contributed by atoms with Gasteiger partial charge in [0.25, 0.3) is 0 Å². The number of nitrogens with zero attached hydrogens (tertiary/aromatic N) is 3. The van der Waals surface area contributed by atoms with Crippen LogP contribution in [0.4, 0.5) is 0 Å². The fourth-order valence-corrected chi connectivity index (χ4v) is 2.10. The quantitative estimate of drug-likeness (QED) is 0.883. The van der Waals surface area contributed by atoms with Crippen LogP contribution in [0.5, 0.6) is 0 Å². The molecular formula is C14H19ClN4. The summed E-state index contributed by atoms with van der Waals surface area (Å²) in [6.45, 7) is 6.72. The predicted molar refractivity (Wildman–Crippen MR) is 76.9 cm³/mol.